The van der Waals surface area contributed by atoms with E-state index in [2.05, 4.69) is 25.1 Å². The van der Waals surface area contributed by atoms with Crippen LogP contribution >= 0.6 is 0 Å². The molecule has 0 spiro atoms. The van der Waals surface area contributed by atoms with Crippen LogP contribution in [0.25, 0.3) is 0 Å². The molecule has 112 valence electrons. The SMILES string of the molecule is Cc1nc(CN(Cc2ccccn2)CC2CCCO2)n[nH]1. The summed E-state index contributed by atoms with van der Waals surface area (Å²) in [5.41, 5.74) is 1.06. The molecule has 0 aliphatic carbocycles. The van der Waals surface area contributed by atoms with Gasteiger partial charge in [-0.15, -0.1) is 0 Å². The molecule has 0 bridgehead atoms. The maximum atomic E-state index is 5.75. The molecule has 0 saturated carbocycles. The van der Waals surface area contributed by atoms with Crippen molar-refractivity contribution in [2.24, 2.45) is 0 Å². The fourth-order valence-electron chi connectivity index (χ4n) is 2.64. The van der Waals surface area contributed by atoms with E-state index in [4.69, 9.17) is 4.74 Å². The largest absolute Gasteiger partial charge is 0.377 e. The highest BCUT2D eigenvalue weighted by Gasteiger charge is 2.20. The zero-order chi connectivity index (χ0) is 14.5. The van der Waals surface area contributed by atoms with E-state index in [9.17, 15) is 0 Å². The molecule has 0 radical (unpaired) electrons. The van der Waals surface area contributed by atoms with Crippen LogP contribution in [0, 0.1) is 6.92 Å². The molecule has 1 saturated heterocycles. The van der Waals surface area contributed by atoms with E-state index in [1.165, 1.54) is 0 Å². The van der Waals surface area contributed by atoms with Gasteiger partial charge in [0.15, 0.2) is 5.82 Å². The van der Waals surface area contributed by atoms with Crippen molar-refractivity contribution >= 4 is 0 Å². The first-order chi connectivity index (χ1) is 10.3. The second-order valence-electron chi connectivity index (χ2n) is 5.46. The van der Waals surface area contributed by atoms with Gasteiger partial charge in [0, 0.05) is 25.9 Å². The van der Waals surface area contributed by atoms with Crippen LogP contribution in [-0.2, 0) is 17.8 Å². The Bertz CT molecular complexity index is 550. The Labute approximate surface area is 124 Å². The van der Waals surface area contributed by atoms with Crippen LogP contribution in [0.15, 0.2) is 24.4 Å². The fraction of sp³-hybridized carbons (Fsp3) is 0.533. The van der Waals surface area contributed by atoms with Gasteiger partial charge in [-0.25, -0.2) is 4.98 Å². The summed E-state index contributed by atoms with van der Waals surface area (Å²) in [4.78, 5) is 11.1. The molecule has 0 amide bonds. The van der Waals surface area contributed by atoms with E-state index in [-0.39, 0.29) is 0 Å². The van der Waals surface area contributed by atoms with E-state index in [0.29, 0.717) is 12.6 Å². The third kappa shape index (κ3) is 4.09. The number of hydrogen-bond donors (Lipinski definition) is 1. The van der Waals surface area contributed by atoms with Gasteiger partial charge in [0.1, 0.15) is 5.82 Å². The summed E-state index contributed by atoms with van der Waals surface area (Å²) in [5.74, 6) is 1.67. The van der Waals surface area contributed by atoms with E-state index in [1.807, 2.05) is 31.3 Å². The molecule has 1 aliphatic rings. The molecule has 1 fully saturated rings. The molecule has 6 heteroatoms. The molecular formula is C15H21N5O. The number of hydrogen-bond acceptors (Lipinski definition) is 5. The zero-order valence-corrected chi connectivity index (χ0v) is 12.3. The highest BCUT2D eigenvalue weighted by molar-refractivity contribution is 5.03. The standard InChI is InChI=1S/C15H21N5O/c1-12-17-15(19-18-12)11-20(10-14-6-4-8-21-14)9-13-5-2-3-7-16-13/h2-3,5,7,14H,4,6,8-11H2,1H3,(H,17,18,19). The molecule has 1 unspecified atom stereocenters. The summed E-state index contributed by atoms with van der Waals surface area (Å²) in [7, 11) is 0. The molecular weight excluding hydrogens is 266 g/mol. The summed E-state index contributed by atoms with van der Waals surface area (Å²) in [6.07, 6.45) is 4.43. The molecule has 0 aromatic carbocycles. The first-order valence-electron chi connectivity index (χ1n) is 7.41. The van der Waals surface area contributed by atoms with Crippen LogP contribution in [0.1, 0.15) is 30.2 Å². The minimum absolute atomic E-state index is 0.314. The van der Waals surface area contributed by atoms with Crippen LogP contribution in [0.3, 0.4) is 0 Å². The predicted molar refractivity (Wildman–Crippen MR) is 78.4 cm³/mol. The van der Waals surface area contributed by atoms with Crippen molar-refractivity contribution in [2.75, 3.05) is 13.2 Å². The zero-order valence-electron chi connectivity index (χ0n) is 12.3. The summed E-state index contributed by atoms with van der Waals surface area (Å²) in [6.45, 7) is 5.18. The smallest absolute Gasteiger partial charge is 0.164 e. The highest BCUT2D eigenvalue weighted by Crippen LogP contribution is 2.15. The van der Waals surface area contributed by atoms with Gasteiger partial charge in [-0.2, -0.15) is 5.10 Å². The number of nitrogens with zero attached hydrogens (tertiary/aromatic N) is 4. The van der Waals surface area contributed by atoms with Gasteiger partial charge in [-0.1, -0.05) is 6.07 Å². The lowest BCUT2D eigenvalue weighted by Gasteiger charge is -2.23. The van der Waals surface area contributed by atoms with Gasteiger partial charge in [-0.05, 0) is 31.9 Å². The lowest BCUT2D eigenvalue weighted by Crippen LogP contribution is -2.32. The quantitative estimate of drug-likeness (QED) is 0.875. The second kappa shape index (κ2) is 6.78. The number of aromatic amines is 1. The van der Waals surface area contributed by atoms with Crippen molar-refractivity contribution < 1.29 is 4.74 Å². The average Bonchev–Trinajstić information content (AvgIpc) is 3.12. The normalized spacial score (nSPS) is 18.5. The number of rotatable bonds is 6. The van der Waals surface area contributed by atoms with Gasteiger partial charge in [-0.3, -0.25) is 15.0 Å². The number of pyridine rings is 1. The summed E-state index contributed by atoms with van der Waals surface area (Å²) < 4.78 is 5.75. The maximum absolute atomic E-state index is 5.75. The minimum Gasteiger partial charge on any atom is -0.377 e. The minimum atomic E-state index is 0.314. The first kappa shape index (κ1) is 14.2. The topological polar surface area (TPSA) is 66.9 Å². The Morgan fingerprint density at radius 2 is 2.33 bits per heavy atom. The predicted octanol–water partition coefficient (Wildman–Crippen LogP) is 1.69. The molecule has 3 rings (SSSR count). The lowest BCUT2D eigenvalue weighted by molar-refractivity contribution is 0.0666. The number of H-pyrrole nitrogens is 1. The third-order valence-corrected chi connectivity index (χ3v) is 3.61. The van der Waals surface area contributed by atoms with Crippen molar-refractivity contribution in [2.45, 2.75) is 39.0 Å². The molecule has 1 atom stereocenters. The molecule has 1 aliphatic heterocycles. The summed E-state index contributed by atoms with van der Waals surface area (Å²) in [5, 5.41) is 7.13. The van der Waals surface area contributed by atoms with Crippen LogP contribution < -0.4 is 0 Å². The van der Waals surface area contributed by atoms with Gasteiger partial charge in [0.05, 0.1) is 18.3 Å². The van der Waals surface area contributed by atoms with Gasteiger partial charge < -0.3 is 4.74 Å². The molecule has 2 aromatic rings. The summed E-state index contributed by atoms with van der Waals surface area (Å²) in [6, 6.07) is 6.00. The Balaban J connectivity index is 1.67. The van der Waals surface area contributed by atoms with Crippen molar-refractivity contribution in [3.05, 3.63) is 41.7 Å². The summed E-state index contributed by atoms with van der Waals surface area (Å²) >= 11 is 0. The van der Waals surface area contributed by atoms with Crippen molar-refractivity contribution in [3.63, 3.8) is 0 Å². The van der Waals surface area contributed by atoms with Crippen LogP contribution in [-0.4, -0.2) is 44.3 Å². The monoisotopic (exact) mass is 287 g/mol. The average molecular weight is 287 g/mol. The number of ether oxygens (including phenoxy) is 1. The Morgan fingerprint density at radius 1 is 1.38 bits per heavy atom. The Kier molecular flexibility index (Phi) is 4.57. The molecule has 3 heterocycles. The van der Waals surface area contributed by atoms with Gasteiger partial charge >= 0.3 is 0 Å². The van der Waals surface area contributed by atoms with E-state index < -0.39 is 0 Å². The second-order valence-corrected chi connectivity index (χ2v) is 5.46. The Hall–Kier alpha value is -1.79. The van der Waals surface area contributed by atoms with E-state index in [0.717, 1.165) is 49.9 Å². The van der Waals surface area contributed by atoms with Crippen LogP contribution in [0.2, 0.25) is 0 Å². The first-order valence-corrected chi connectivity index (χ1v) is 7.41. The van der Waals surface area contributed by atoms with Crippen molar-refractivity contribution in [1.29, 1.82) is 0 Å². The fourth-order valence-corrected chi connectivity index (χ4v) is 2.64. The van der Waals surface area contributed by atoms with Crippen LogP contribution in [0.5, 0.6) is 0 Å². The molecule has 6 nitrogen and oxygen atoms in total. The lowest BCUT2D eigenvalue weighted by atomic mass is 10.2. The van der Waals surface area contributed by atoms with E-state index in [1.54, 1.807) is 0 Å². The van der Waals surface area contributed by atoms with Crippen molar-refractivity contribution in [1.82, 2.24) is 25.1 Å². The number of nitrogens with one attached hydrogen (secondary N) is 1. The number of aromatic nitrogens is 4. The van der Waals surface area contributed by atoms with Gasteiger partial charge in [0.2, 0.25) is 0 Å². The third-order valence-electron chi connectivity index (χ3n) is 3.61. The molecule has 21 heavy (non-hydrogen) atoms. The van der Waals surface area contributed by atoms with E-state index >= 15 is 0 Å². The Morgan fingerprint density at radius 3 is 3.00 bits per heavy atom. The van der Waals surface area contributed by atoms with Crippen LogP contribution in [0.4, 0.5) is 0 Å². The maximum Gasteiger partial charge on any atom is 0.164 e. The highest BCUT2D eigenvalue weighted by atomic mass is 16.5. The van der Waals surface area contributed by atoms with Gasteiger partial charge in [0.25, 0.3) is 0 Å². The molecule has 2 aromatic heterocycles. The molecule has 1 N–H and O–H groups in total. The van der Waals surface area contributed by atoms with Crippen molar-refractivity contribution in [3.8, 4) is 0 Å². The number of aryl methyl sites for hydroxylation is 1.